The number of carbonyl (C=O) groups is 1. The Morgan fingerprint density at radius 2 is 2.18 bits per heavy atom. The van der Waals surface area contributed by atoms with Crippen LogP contribution in [0.4, 0.5) is 0 Å². The first kappa shape index (κ1) is 11.1. The molecule has 0 atom stereocenters. The minimum atomic E-state index is -0.640. The summed E-state index contributed by atoms with van der Waals surface area (Å²) in [7, 11) is 1.26. The van der Waals surface area contributed by atoms with Gasteiger partial charge in [0.1, 0.15) is 6.42 Å². The molecule has 1 aromatic carbocycles. The molecule has 1 aromatic heterocycles. The van der Waals surface area contributed by atoms with Gasteiger partial charge in [-0.2, -0.15) is 0 Å². The molecule has 6 nitrogen and oxygen atoms in total. The first-order valence-corrected chi connectivity index (χ1v) is 4.92. The van der Waals surface area contributed by atoms with Gasteiger partial charge in [0.2, 0.25) is 5.69 Å². The quantitative estimate of drug-likeness (QED) is 0.540. The third kappa shape index (κ3) is 2.25. The smallest absolute Gasteiger partial charge is 0.316 e. The Bertz CT molecular complexity index is 522. The van der Waals surface area contributed by atoms with Crippen LogP contribution < -0.4 is 9.79 Å². The number of methoxy groups -OCH3 is 1. The molecule has 0 fully saturated rings. The van der Waals surface area contributed by atoms with Crippen molar-refractivity contribution >= 4 is 5.97 Å². The summed E-state index contributed by atoms with van der Waals surface area (Å²) >= 11 is 0. The molecule has 0 saturated carbocycles. The Labute approximate surface area is 97.0 Å². The van der Waals surface area contributed by atoms with E-state index in [1.54, 1.807) is 24.3 Å². The van der Waals surface area contributed by atoms with Crippen molar-refractivity contribution < 1.29 is 23.8 Å². The summed E-state index contributed by atoms with van der Waals surface area (Å²) in [5.41, 5.74) is 0.792. The highest BCUT2D eigenvalue weighted by atomic mass is 16.6. The van der Waals surface area contributed by atoms with Crippen LogP contribution in [0.5, 0.6) is 5.95 Å². The molecule has 6 heteroatoms. The van der Waals surface area contributed by atoms with Crippen LogP contribution in [0.15, 0.2) is 34.9 Å². The highest BCUT2D eigenvalue weighted by Crippen LogP contribution is 2.11. The molecule has 0 aliphatic carbocycles. The van der Waals surface area contributed by atoms with E-state index in [2.05, 4.69) is 14.5 Å². The first-order chi connectivity index (χ1) is 8.22. The van der Waals surface area contributed by atoms with E-state index in [0.29, 0.717) is 5.69 Å². The molecule has 0 unspecified atom stereocenters. The van der Waals surface area contributed by atoms with Crippen LogP contribution in [-0.2, 0) is 16.0 Å². The van der Waals surface area contributed by atoms with Gasteiger partial charge in [-0.15, -0.1) is 0 Å². The number of nitrogens with zero attached hydrogens (tertiary/aromatic N) is 2. The van der Waals surface area contributed by atoms with Crippen molar-refractivity contribution in [2.45, 2.75) is 6.42 Å². The van der Waals surface area contributed by atoms with Crippen LogP contribution in [0.2, 0.25) is 0 Å². The van der Waals surface area contributed by atoms with Crippen molar-refractivity contribution in [1.82, 2.24) is 5.27 Å². The molecule has 1 heterocycles. The van der Waals surface area contributed by atoms with Crippen molar-refractivity contribution in [3.63, 3.8) is 0 Å². The number of ether oxygens (including phenoxy) is 1. The van der Waals surface area contributed by atoms with Crippen molar-refractivity contribution in [2.75, 3.05) is 7.11 Å². The Morgan fingerprint density at radius 3 is 2.82 bits per heavy atom. The van der Waals surface area contributed by atoms with Gasteiger partial charge in [0.25, 0.3) is 5.69 Å². The lowest BCUT2D eigenvalue weighted by Gasteiger charge is -1.97. The number of aromatic nitrogens is 2. The average molecular weight is 234 g/mol. The lowest BCUT2D eigenvalue weighted by Crippen LogP contribution is -2.37. The molecule has 2 rings (SSSR count). The summed E-state index contributed by atoms with van der Waals surface area (Å²) in [4.78, 5) is 11.2. The molecule has 88 valence electrons. The molecule has 17 heavy (non-hydrogen) atoms. The number of hydrogen-bond acceptors (Lipinski definition) is 5. The summed E-state index contributed by atoms with van der Waals surface area (Å²) in [6, 6.07) is 8.93. The van der Waals surface area contributed by atoms with Gasteiger partial charge in [0.05, 0.1) is 12.4 Å². The Balaban J connectivity index is 2.39. The number of para-hydroxylation sites is 1. The van der Waals surface area contributed by atoms with Gasteiger partial charge in [0.15, 0.2) is 5.95 Å². The molecular formula is C11H10N2O4. The van der Waals surface area contributed by atoms with E-state index in [0.717, 1.165) is 0 Å². The summed E-state index contributed by atoms with van der Waals surface area (Å²) in [5.74, 6) is -1.16. The highest BCUT2D eigenvalue weighted by molar-refractivity contribution is 5.71. The monoisotopic (exact) mass is 234 g/mol. The van der Waals surface area contributed by atoms with Crippen LogP contribution in [0.1, 0.15) is 5.69 Å². The fourth-order valence-corrected chi connectivity index (χ4v) is 1.39. The zero-order chi connectivity index (χ0) is 12.3. The van der Waals surface area contributed by atoms with E-state index in [4.69, 9.17) is 0 Å². The SMILES string of the molecule is COC(=O)Cc1c([O-])on[n+]1-c1ccccc1. The zero-order valence-electron chi connectivity index (χ0n) is 9.12. The van der Waals surface area contributed by atoms with E-state index in [1.807, 2.05) is 6.07 Å². The van der Waals surface area contributed by atoms with Crippen LogP contribution in [0.3, 0.4) is 0 Å². The third-order valence-electron chi connectivity index (χ3n) is 2.24. The van der Waals surface area contributed by atoms with Gasteiger partial charge < -0.3 is 14.4 Å². The Kier molecular flexibility index (Phi) is 3.04. The van der Waals surface area contributed by atoms with Gasteiger partial charge in [-0.05, 0) is 4.68 Å². The first-order valence-electron chi connectivity index (χ1n) is 4.92. The van der Waals surface area contributed by atoms with Crippen LogP contribution in [0, 0.1) is 0 Å². The minimum absolute atomic E-state index is 0.142. The van der Waals surface area contributed by atoms with E-state index in [-0.39, 0.29) is 12.1 Å². The minimum Gasteiger partial charge on any atom is -0.539 e. The van der Waals surface area contributed by atoms with Gasteiger partial charge >= 0.3 is 5.97 Å². The average Bonchev–Trinajstić information content (AvgIpc) is 2.72. The summed E-state index contributed by atoms with van der Waals surface area (Å²) < 4.78 is 10.3. The number of rotatable bonds is 3. The highest BCUT2D eigenvalue weighted by Gasteiger charge is 2.23. The Hall–Kier alpha value is -2.37. The van der Waals surface area contributed by atoms with Crippen LogP contribution >= 0.6 is 0 Å². The Morgan fingerprint density at radius 1 is 1.47 bits per heavy atom. The maximum Gasteiger partial charge on any atom is 0.316 e. The molecular weight excluding hydrogens is 224 g/mol. The van der Waals surface area contributed by atoms with E-state index in [1.165, 1.54) is 11.8 Å². The number of carbonyl (C=O) groups excluding carboxylic acids is 1. The lowest BCUT2D eigenvalue weighted by molar-refractivity contribution is -0.677. The van der Waals surface area contributed by atoms with Crippen molar-refractivity contribution in [3.05, 3.63) is 36.0 Å². The molecule has 0 aliphatic rings. The van der Waals surface area contributed by atoms with Gasteiger partial charge in [-0.25, -0.2) is 0 Å². The molecule has 0 aliphatic heterocycles. The summed E-state index contributed by atoms with van der Waals surface area (Å²) in [5, 5.41) is 15.0. The number of benzene rings is 1. The number of esters is 1. The molecule has 0 bridgehead atoms. The predicted octanol–water partition coefficient (Wildman–Crippen LogP) is -0.260. The van der Waals surface area contributed by atoms with Crippen molar-refractivity contribution in [2.24, 2.45) is 0 Å². The summed E-state index contributed by atoms with van der Waals surface area (Å²) in [6.45, 7) is 0. The lowest BCUT2D eigenvalue weighted by atomic mass is 10.3. The topological polar surface area (TPSA) is 79.3 Å². The van der Waals surface area contributed by atoms with Gasteiger partial charge in [0, 0.05) is 12.1 Å². The zero-order valence-corrected chi connectivity index (χ0v) is 9.12. The molecule has 0 saturated heterocycles. The second kappa shape index (κ2) is 4.65. The van der Waals surface area contributed by atoms with Gasteiger partial charge in [-0.3, -0.25) is 4.79 Å². The fraction of sp³-hybridized carbons (Fsp3) is 0.182. The van der Waals surface area contributed by atoms with E-state index < -0.39 is 11.9 Å². The molecule has 2 aromatic rings. The van der Waals surface area contributed by atoms with Crippen LogP contribution in [0.25, 0.3) is 5.69 Å². The maximum atomic E-state index is 11.4. The van der Waals surface area contributed by atoms with Crippen LogP contribution in [-0.4, -0.2) is 18.4 Å². The number of hydrogen-bond donors (Lipinski definition) is 0. The molecule has 0 amide bonds. The molecule has 0 radical (unpaired) electrons. The fourth-order valence-electron chi connectivity index (χ4n) is 1.39. The standard InChI is InChI=1S/C11H10N2O4/c1-16-10(14)7-9-11(15)17-12-13(9)8-5-3-2-4-6-8/h2-6H,7H2,1H3. The van der Waals surface area contributed by atoms with Gasteiger partial charge in [-0.1, -0.05) is 18.2 Å². The second-order valence-corrected chi connectivity index (χ2v) is 3.31. The maximum absolute atomic E-state index is 11.4. The molecule has 0 spiro atoms. The molecule has 0 N–H and O–H groups in total. The predicted molar refractivity (Wildman–Crippen MR) is 53.2 cm³/mol. The normalized spacial score (nSPS) is 10.2. The summed E-state index contributed by atoms with van der Waals surface area (Å²) in [6.07, 6.45) is -0.173. The second-order valence-electron chi connectivity index (χ2n) is 3.31. The van der Waals surface area contributed by atoms with Crippen molar-refractivity contribution in [1.29, 1.82) is 0 Å². The van der Waals surface area contributed by atoms with E-state index in [9.17, 15) is 9.90 Å². The third-order valence-corrected chi connectivity index (χ3v) is 2.24. The largest absolute Gasteiger partial charge is 0.539 e. The van der Waals surface area contributed by atoms with E-state index >= 15 is 0 Å². The van der Waals surface area contributed by atoms with Crippen molar-refractivity contribution in [3.8, 4) is 11.6 Å².